The minimum absolute atomic E-state index is 0.100. The number of amides is 1. The molecule has 1 atom stereocenters. The van der Waals surface area contributed by atoms with Crippen molar-refractivity contribution in [2.75, 3.05) is 11.1 Å². The zero-order chi connectivity index (χ0) is 17.3. The van der Waals surface area contributed by atoms with Crippen molar-refractivity contribution >= 4 is 21.4 Å². The monoisotopic (exact) mass is 347 g/mol. The normalized spacial score (nSPS) is 19.8. The number of anilines is 1. The number of hydrogen-bond acceptors (Lipinski definition) is 4. The summed E-state index contributed by atoms with van der Waals surface area (Å²) in [5.74, 6) is -0.333. The predicted molar refractivity (Wildman–Crippen MR) is 93.1 cm³/mol. The summed E-state index contributed by atoms with van der Waals surface area (Å²) >= 11 is 0. The fourth-order valence-corrected chi connectivity index (χ4v) is 4.74. The highest BCUT2D eigenvalue weighted by molar-refractivity contribution is 7.92. The average Bonchev–Trinajstić information content (AvgIpc) is 2.87. The fourth-order valence-electron chi connectivity index (χ4n) is 2.94. The first kappa shape index (κ1) is 16.7. The van der Waals surface area contributed by atoms with E-state index in [-0.39, 0.29) is 5.75 Å². The Morgan fingerprint density at radius 1 is 1.21 bits per heavy atom. The Balaban J connectivity index is 1.74. The smallest absolute Gasteiger partial charge is 0.242 e. The number of benzene rings is 1. The number of hydrogen-bond donors (Lipinski definition) is 1. The number of carbonyl (C=O) groups is 1. The maximum Gasteiger partial charge on any atom is 0.242 e. The van der Waals surface area contributed by atoms with E-state index in [4.69, 9.17) is 0 Å². The molecule has 0 radical (unpaired) electrons. The van der Waals surface area contributed by atoms with Crippen LogP contribution < -0.4 is 5.32 Å². The van der Waals surface area contributed by atoms with E-state index in [9.17, 15) is 13.2 Å². The zero-order valence-electron chi connectivity index (χ0n) is 13.8. The summed E-state index contributed by atoms with van der Waals surface area (Å²) in [5.41, 5.74) is 3.56. The molecule has 1 aromatic carbocycles. The third-order valence-electron chi connectivity index (χ3n) is 4.54. The van der Waals surface area contributed by atoms with Crippen molar-refractivity contribution in [2.24, 2.45) is 0 Å². The van der Waals surface area contributed by atoms with E-state index in [0.717, 1.165) is 23.5 Å². The van der Waals surface area contributed by atoms with E-state index in [1.807, 2.05) is 30.5 Å². The number of sulfone groups is 1. The molecule has 3 rings (SSSR count). The van der Waals surface area contributed by atoms with Crippen LogP contribution in [0.3, 0.4) is 0 Å². The second kappa shape index (κ2) is 6.39. The number of aromatic nitrogens is 2. The van der Waals surface area contributed by atoms with E-state index < -0.39 is 21.0 Å². The van der Waals surface area contributed by atoms with Crippen LogP contribution in [0.1, 0.15) is 30.7 Å². The largest absolute Gasteiger partial charge is 0.325 e. The fraction of sp³-hybridized carbons (Fsp3) is 0.412. The molecule has 1 saturated heterocycles. The molecule has 0 spiro atoms. The number of carbonyl (C=O) groups excluding carboxylic acids is 1. The summed E-state index contributed by atoms with van der Waals surface area (Å²) in [6, 6.07) is 7.30. The van der Waals surface area contributed by atoms with Crippen molar-refractivity contribution < 1.29 is 13.2 Å². The van der Waals surface area contributed by atoms with Crippen molar-refractivity contribution in [3.8, 4) is 5.69 Å². The Morgan fingerprint density at radius 2 is 1.92 bits per heavy atom. The molecule has 2 aromatic rings. The van der Waals surface area contributed by atoms with Gasteiger partial charge in [-0.15, -0.1) is 0 Å². The molecule has 0 bridgehead atoms. The Bertz CT molecular complexity index is 854. The molecule has 1 aliphatic heterocycles. The molecule has 1 aliphatic rings. The first-order valence-electron chi connectivity index (χ1n) is 8.02. The van der Waals surface area contributed by atoms with Gasteiger partial charge in [0.1, 0.15) is 5.25 Å². The predicted octanol–water partition coefficient (Wildman–Crippen LogP) is 2.39. The van der Waals surface area contributed by atoms with Crippen LogP contribution in [0, 0.1) is 13.8 Å². The maximum atomic E-state index is 12.3. The molecular formula is C17H21N3O3S. The lowest BCUT2D eigenvalue weighted by Crippen LogP contribution is -2.39. The lowest BCUT2D eigenvalue weighted by molar-refractivity contribution is -0.116. The van der Waals surface area contributed by atoms with Gasteiger partial charge in [-0.05, 0) is 51.0 Å². The Morgan fingerprint density at radius 3 is 2.50 bits per heavy atom. The van der Waals surface area contributed by atoms with Crippen molar-refractivity contribution in [3.63, 3.8) is 0 Å². The lowest BCUT2D eigenvalue weighted by Gasteiger charge is -2.21. The zero-order valence-corrected chi connectivity index (χ0v) is 14.6. The molecular weight excluding hydrogens is 326 g/mol. The topological polar surface area (TPSA) is 81.1 Å². The highest BCUT2D eigenvalue weighted by Crippen LogP contribution is 2.22. The average molecular weight is 347 g/mol. The standard InChI is InChI=1S/C17H21N3O3S/c1-12-13(2)20(11-18-12)15-8-6-14(7-9-15)19-17(21)16-5-3-4-10-24(16,22)23/h6-9,11,16H,3-5,10H2,1-2H3,(H,19,21). The second-order valence-corrected chi connectivity index (χ2v) is 8.48. The molecule has 1 aromatic heterocycles. The summed E-state index contributed by atoms with van der Waals surface area (Å²) in [5, 5.41) is 1.80. The number of aryl methyl sites for hydroxylation is 1. The van der Waals surface area contributed by atoms with E-state index in [0.29, 0.717) is 18.5 Å². The van der Waals surface area contributed by atoms with Gasteiger partial charge < -0.3 is 9.88 Å². The first-order chi connectivity index (χ1) is 11.4. The number of imidazole rings is 1. The van der Waals surface area contributed by atoms with Crippen LogP contribution in [0.15, 0.2) is 30.6 Å². The van der Waals surface area contributed by atoms with Crippen LogP contribution in [0.4, 0.5) is 5.69 Å². The minimum atomic E-state index is -3.32. The SMILES string of the molecule is Cc1ncn(-c2ccc(NC(=O)C3CCCCS3(=O)=O)cc2)c1C. The molecule has 2 heterocycles. The van der Waals surface area contributed by atoms with Gasteiger partial charge in [0.15, 0.2) is 9.84 Å². The Labute approximate surface area is 141 Å². The molecule has 0 aliphatic carbocycles. The van der Waals surface area contributed by atoms with E-state index in [2.05, 4.69) is 10.3 Å². The van der Waals surface area contributed by atoms with Gasteiger partial charge in [0.2, 0.25) is 5.91 Å². The third-order valence-corrected chi connectivity index (χ3v) is 6.71. The van der Waals surface area contributed by atoms with Crippen molar-refractivity contribution in [3.05, 3.63) is 42.0 Å². The van der Waals surface area contributed by atoms with E-state index in [1.165, 1.54) is 0 Å². The van der Waals surface area contributed by atoms with Gasteiger partial charge >= 0.3 is 0 Å². The van der Waals surface area contributed by atoms with E-state index >= 15 is 0 Å². The third kappa shape index (κ3) is 3.21. The molecule has 7 heteroatoms. The summed E-state index contributed by atoms with van der Waals surface area (Å²) in [4.78, 5) is 16.6. The van der Waals surface area contributed by atoms with Gasteiger partial charge in [-0.1, -0.05) is 6.42 Å². The van der Waals surface area contributed by atoms with Crippen molar-refractivity contribution in [1.82, 2.24) is 9.55 Å². The maximum absolute atomic E-state index is 12.3. The number of nitrogens with zero attached hydrogens (tertiary/aromatic N) is 2. The summed E-state index contributed by atoms with van der Waals surface area (Å²) in [7, 11) is -3.32. The van der Waals surface area contributed by atoms with Crippen LogP contribution >= 0.6 is 0 Å². The molecule has 0 saturated carbocycles. The molecule has 6 nitrogen and oxygen atoms in total. The van der Waals surface area contributed by atoms with E-state index in [1.54, 1.807) is 18.5 Å². The van der Waals surface area contributed by atoms with Crippen LogP contribution in [0.25, 0.3) is 5.69 Å². The van der Waals surface area contributed by atoms with Gasteiger partial charge in [0.25, 0.3) is 0 Å². The first-order valence-corrected chi connectivity index (χ1v) is 9.73. The second-order valence-electron chi connectivity index (χ2n) is 6.17. The molecule has 1 fully saturated rings. The molecule has 1 amide bonds. The van der Waals surface area contributed by atoms with Crippen LogP contribution in [-0.2, 0) is 14.6 Å². The molecule has 1 N–H and O–H groups in total. The summed E-state index contributed by atoms with van der Waals surface area (Å²) < 4.78 is 26.0. The molecule has 24 heavy (non-hydrogen) atoms. The highest BCUT2D eigenvalue weighted by atomic mass is 32.2. The minimum Gasteiger partial charge on any atom is -0.325 e. The van der Waals surface area contributed by atoms with Gasteiger partial charge in [0, 0.05) is 17.1 Å². The van der Waals surface area contributed by atoms with Gasteiger partial charge in [-0.3, -0.25) is 4.79 Å². The lowest BCUT2D eigenvalue weighted by atomic mass is 10.1. The highest BCUT2D eigenvalue weighted by Gasteiger charge is 2.34. The van der Waals surface area contributed by atoms with Gasteiger partial charge in [-0.25, -0.2) is 13.4 Å². The van der Waals surface area contributed by atoms with Crippen LogP contribution in [0.2, 0.25) is 0 Å². The van der Waals surface area contributed by atoms with Crippen molar-refractivity contribution in [1.29, 1.82) is 0 Å². The summed E-state index contributed by atoms with van der Waals surface area (Å²) in [6.07, 6.45) is 3.58. The molecule has 128 valence electrons. The number of nitrogens with one attached hydrogen (secondary N) is 1. The Hall–Kier alpha value is -2.15. The van der Waals surface area contributed by atoms with Crippen LogP contribution in [-0.4, -0.2) is 34.9 Å². The number of rotatable bonds is 3. The Kier molecular flexibility index (Phi) is 4.45. The van der Waals surface area contributed by atoms with Gasteiger partial charge in [0.05, 0.1) is 17.8 Å². The van der Waals surface area contributed by atoms with Crippen molar-refractivity contribution in [2.45, 2.75) is 38.4 Å². The quantitative estimate of drug-likeness (QED) is 0.924. The summed E-state index contributed by atoms with van der Waals surface area (Å²) in [6.45, 7) is 3.94. The van der Waals surface area contributed by atoms with Crippen LogP contribution in [0.5, 0.6) is 0 Å². The van der Waals surface area contributed by atoms with Gasteiger partial charge in [-0.2, -0.15) is 0 Å². The molecule has 1 unspecified atom stereocenters.